The summed E-state index contributed by atoms with van der Waals surface area (Å²) in [6.07, 6.45) is 5.65. The van der Waals surface area contributed by atoms with Crippen molar-refractivity contribution in [1.82, 2.24) is 19.3 Å². The minimum absolute atomic E-state index is 0.537. The molecule has 0 atom stereocenters. The summed E-state index contributed by atoms with van der Waals surface area (Å²) in [7, 11) is 1.87. The maximum Gasteiger partial charge on any atom is 0.180 e. The fourth-order valence-corrected chi connectivity index (χ4v) is 2.59. The number of hydrogen-bond acceptors (Lipinski definition) is 5. The van der Waals surface area contributed by atoms with Gasteiger partial charge in [-0.25, -0.2) is 9.97 Å². The molecule has 0 aliphatic rings. The minimum Gasteiger partial charge on any atom is -0.372 e. The Kier molecular flexibility index (Phi) is 5.01. The molecule has 0 bridgehead atoms. The molecule has 116 valence electrons. The normalized spacial score (nSPS) is 11.8. The van der Waals surface area contributed by atoms with Crippen molar-refractivity contribution in [2.45, 2.75) is 39.8 Å². The molecule has 2 aromatic rings. The van der Waals surface area contributed by atoms with Crippen molar-refractivity contribution in [3.05, 3.63) is 18.6 Å². The topological polar surface area (TPSA) is 57.5 Å². The smallest absolute Gasteiger partial charge is 0.180 e. The fraction of sp³-hybridized carbons (Fsp3) is 0.600. The van der Waals surface area contributed by atoms with Crippen LogP contribution in [0, 0.1) is 0 Å². The van der Waals surface area contributed by atoms with Crippen molar-refractivity contribution in [3.63, 3.8) is 0 Å². The lowest BCUT2D eigenvalue weighted by molar-refractivity contribution is 0.182. The predicted molar refractivity (Wildman–Crippen MR) is 88.0 cm³/mol. The molecule has 0 saturated carbocycles. The first-order valence-corrected chi connectivity index (χ1v) is 7.54. The summed E-state index contributed by atoms with van der Waals surface area (Å²) in [6.45, 7) is 10.7. The van der Waals surface area contributed by atoms with Gasteiger partial charge in [-0.3, -0.25) is 4.90 Å². The van der Waals surface area contributed by atoms with E-state index in [2.05, 4.69) is 53.2 Å². The van der Waals surface area contributed by atoms with Crippen LogP contribution in [-0.4, -0.2) is 51.5 Å². The van der Waals surface area contributed by atoms with E-state index >= 15 is 0 Å². The van der Waals surface area contributed by atoms with Gasteiger partial charge in [-0.15, -0.1) is 0 Å². The molecule has 0 aromatic carbocycles. The number of hydrogen-bond donors (Lipinski definition) is 2. The summed E-state index contributed by atoms with van der Waals surface area (Å²) in [5.74, 6) is 1.65. The van der Waals surface area contributed by atoms with Crippen LogP contribution in [0.5, 0.6) is 0 Å². The Balaban J connectivity index is 2.07. The summed E-state index contributed by atoms with van der Waals surface area (Å²) in [4.78, 5) is 11.4. The third-order valence-corrected chi connectivity index (χ3v) is 3.62. The van der Waals surface area contributed by atoms with E-state index in [0.717, 1.165) is 30.4 Å². The number of imidazole rings is 1. The van der Waals surface area contributed by atoms with E-state index in [1.165, 1.54) is 0 Å². The van der Waals surface area contributed by atoms with Gasteiger partial charge in [-0.1, -0.05) is 0 Å². The van der Waals surface area contributed by atoms with Crippen molar-refractivity contribution in [1.29, 1.82) is 0 Å². The summed E-state index contributed by atoms with van der Waals surface area (Å²) in [6, 6.07) is 1.07. The standard InChI is InChI=1S/C15H26N6/c1-11(2)21(12(3)4)9-7-17-14-15-18-6-8-20(15)10-13(16-5)19-14/h6,8,10-12,16H,7,9H2,1-5H3,(H,17,19). The van der Waals surface area contributed by atoms with Crippen molar-refractivity contribution < 1.29 is 0 Å². The van der Waals surface area contributed by atoms with Crippen molar-refractivity contribution in [3.8, 4) is 0 Å². The number of nitrogens with zero attached hydrogens (tertiary/aromatic N) is 4. The Bertz CT molecular complexity index is 567. The first-order valence-electron chi connectivity index (χ1n) is 7.54. The molecule has 2 heterocycles. The molecule has 6 heteroatoms. The number of anilines is 2. The van der Waals surface area contributed by atoms with Gasteiger partial charge in [0, 0.05) is 44.6 Å². The van der Waals surface area contributed by atoms with Gasteiger partial charge in [0.05, 0.1) is 6.20 Å². The van der Waals surface area contributed by atoms with Crippen molar-refractivity contribution in [2.24, 2.45) is 0 Å². The molecule has 0 spiro atoms. The monoisotopic (exact) mass is 290 g/mol. The fourth-order valence-electron chi connectivity index (χ4n) is 2.59. The van der Waals surface area contributed by atoms with Crippen LogP contribution in [0.2, 0.25) is 0 Å². The number of fused-ring (bicyclic) bond motifs is 1. The molecule has 0 fully saturated rings. The van der Waals surface area contributed by atoms with E-state index in [9.17, 15) is 0 Å². The third kappa shape index (κ3) is 3.64. The summed E-state index contributed by atoms with van der Waals surface area (Å²) >= 11 is 0. The van der Waals surface area contributed by atoms with Crippen molar-refractivity contribution in [2.75, 3.05) is 30.8 Å². The molecule has 21 heavy (non-hydrogen) atoms. The Morgan fingerprint density at radius 1 is 1.24 bits per heavy atom. The second kappa shape index (κ2) is 6.76. The van der Waals surface area contributed by atoms with Gasteiger partial charge >= 0.3 is 0 Å². The van der Waals surface area contributed by atoms with Gasteiger partial charge in [0.2, 0.25) is 0 Å². The lowest BCUT2D eigenvalue weighted by atomic mass is 10.2. The molecule has 0 saturated heterocycles. The average Bonchev–Trinajstić information content (AvgIpc) is 2.90. The molecule has 2 N–H and O–H groups in total. The zero-order valence-corrected chi connectivity index (χ0v) is 13.6. The molecule has 0 aliphatic carbocycles. The van der Waals surface area contributed by atoms with Crippen molar-refractivity contribution >= 4 is 17.3 Å². The van der Waals surface area contributed by atoms with Crippen LogP contribution in [0.1, 0.15) is 27.7 Å². The molecule has 2 rings (SSSR count). The predicted octanol–water partition coefficient (Wildman–Crippen LogP) is 2.30. The van der Waals surface area contributed by atoms with E-state index in [-0.39, 0.29) is 0 Å². The SMILES string of the molecule is CNc1cn2ccnc2c(NCCN(C(C)C)C(C)C)n1. The highest BCUT2D eigenvalue weighted by molar-refractivity contribution is 5.65. The Morgan fingerprint density at radius 3 is 2.57 bits per heavy atom. The highest BCUT2D eigenvalue weighted by Crippen LogP contribution is 2.16. The van der Waals surface area contributed by atoms with Crippen LogP contribution in [0.3, 0.4) is 0 Å². The highest BCUT2D eigenvalue weighted by atomic mass is 15.2. The second-order valence-electron chi connectivity index (χ2n) is 5.73. The molecule has 0 amide bonds. The zero-order valence-electron chi connectivity index (χ0n) is 13.6. The summed E-state index contributed by atoms with van der Waals surface area (Å²) in [5, 5.41) is 6.49. The Labute approximate surface area is 126 Å². The van der Waals surface area contributed by atoms with Gasteiger partial charge in [0.25, 0.3) is 0 Å². The molecule has 6 nitrogen and oxygen atoms in total. The molecular weight excluding hydrogens is 264 g/mol. The van der Waals surface area contributed by atoms with Gasteiger partial charge < -0.3 is 15.0 Å². The Morgan fingerprint density at radius 2 is 1.95 bits per heavy atom. The first kappa shape index (κ1) is 15.6. The summed E-state index contributed by atoms with van der Waals surface area (Å²) in [5.41, 5.74) is 0.856. The van der Waals surface area contributed by atoms with Crippen LogP contribution >= 0.6 is 0 Å². The largest absolute Gasteiger partial charge is 0.372 e. The zero-order chi connectivity index (χ0) is 15.4. The van der Waals surface area contributed by atoms with E-state index in [1.54, 1.807) is 6.20 Å². The van der Waals surface area contributed by atoms with Crippen LogP contribution in [-0.2, 0) is 0 Å². The van der Waals surface area contributed by atoms with Crippen LogP contribution in [0.4, 0.5) is 11.6 Å². The number of nitrogens with one attached hydrogen (secondary N) is 2. The van der Waals surface area contributed by atoms with Crippen LogP contribution in [0.25, 0.3) is 5.65 Å². The van der Waals surface area contributed by atoms with Gasteiger partial charge in [0.1, 0.15) is 5.82 Å². The van der Waals surface area contributed by atoms with Gasteiger partial charge in [-0.2, -0.15) is 0 Å². The first-order chi connectivity index (χ1) is 10.0. The van der Waals surface area contributed by atoms with E-state index in [4.69, 9.17) is 0 Å². The third-order valence-electron chi connectivity index (χ3n) is 3.62. The quantitative estimate of drug-likeness (QED) is 0.819. The molecule has 0 unspecified atom stereocenters. The van der Waals surface area contributed by atoms with E-state index < -0.39 is 0 Å². The molecule has 2 aromatic heterocycles. The van der Waals surface area contributed by atoms with E-state index in [1.807, 2.05) is 23.8 Å². The van der Waals surface area contributed by atoms with Crippen LogP contribution in [0.15, 0.2) is 18.6 Å². The second-order valence-corrected chi connectivity index (χ2v) is 5.73. The lowest BCUT2D eigenvalue weighted by Gasteiger charge is -2.30. The van der Waals surface area contributed by atoms with Gasteiger partial charge in [-0.05, 0) is 27.7 Å². The Hall–Kier alpha value is -1.82. The van der Waals surface area contributed by atoms with E-state index in [0.29, 0.717) is 12.1 Å². The average molecular weight is 290 g/mol. The van der Waals surface area contributed by atoms with Crippen LogP contribution < -0.4 is 10.6 Å². The summed E-state index contributed by atoms with van der Waals surface area (Å²) < 4.78 is 1.98. The number of aromatic nitrogens is 3. The van der Waals surface area contributed by atoms with Gasteiger partial charge in [0.15, 0.2) is 11.5 Å². The maximum absolute atomic E-state index is 4.55. The molecule has 0 radical (unpaired) electrons. The maximum atomic E-state index is 4.55. The lowest BCUT2D eigenvalue weighted by Crippen LogP contribution is -2.40. The molecule has 0 aliphatic heterocycles. The number of rotatable bonds is 7. The minimum atomic E-state index is 0.537. The molecular formula is C15H26N6. The highest BCUT2D eigenvalue weighted by Gasteiger charge is 2.13.